The normalized spacial score (nSPS) is 12.3. The number of benzene rings is 2. The van der Waals surface area contributed by atoms with Gasteiger partial charge >= 0.3 is 0 Å². The van der Waals surface area contributed by atoms with E-state index in [-0.39, 0.29) is 18.4 Å². The predicted octanol–water partition coefficient (Wildman–Crippen LogP) is 0.569. The third kappa shape index (κ3) is 3.42. The fourth-order valence-corrected chi connectivity index (χ4v) is 2.39. The Kier molecular flexibility index (Phi) is 4.31. The van der Waals surface area contributed by atoms with Crippen LogP contribution in [-0.4, -0.2) is 12.0 Å². The molecule has 0 fully saturated rings. The molecular formula is C16H17NO2. The molecule has 0 unspecified atom stereocenters. The number of carboxylic acid groups (broad SMARTS) is 1. The Morgan fingerprint density at radius 3 is 1.74 bits per heavy atom. The first-order valence-corrected chi connectivity index (χ1v) is 6.31. The van der Waals surface area contributed by atoms with Crippen LogP contribution in [0.5, 0.6) is 0 Å². The van der Waals surface area contributed by atoms with E-state index in [0.29, 0.717) is 0 Å². The smallest absolute Gasteiger partial charge is 0.101 e. The third-order valence-electron chi connectivity index (χ3n) is 3.22. The predicted molar refractivity (Wildman–Crippen MR) is 71.0 cm³/mol. The highest BCUT2D eigenvalue weighted by molar-refractivity contribution is 5.65. The van der Waals surface area contributed by atoms with Crippen molar-refractivity contribution in [3.63, 3.8) is 0 Å². The topological polar surface area (TPSA) is 67.8 Å². The van der Waals surface area contributed by atoms with Gasteiger partial charge in [-0.3, -0.25) is 0 Å². The number of carbonyl (C=O) groups is 1. The summed E-state index contributed by atoms with van der Waals surface area (Å²) in [5.41, 5.74) is 6.17. The van der Waals surface area contributed by atoms with Crippen molar-refractivity contribution in [1.82, 2.24) is 0 Å². The average molecular weight is 255 g/mol. The Hall–Kier alpha value is -2.13. The van der Waals surface area contributed by atoms with E-state index < -0.39 is 5.97 Å². The Labute approximate surface area is 112 Å². The number of quaternary nitrogens is 1. The lowest BCUT2D eigenvalue weighted by molar-refractivity contribution is -0.427. The van der Waals surface area contributed by atoms with Crippen LogP contribution < -0.4 is 10.8 Å². The Bertz CT molecular complexity index is 485. The number of carboxylic acids is 1. The summed E-state index contributed by atoms with van der Waals surface area (Å²) in [5.74, 6) is -1.09. The zero-order valence-corrected chi connectivity index (χ0v) is 10.7. The lowest BCUT2D eigenvalue weighted by Crippen LogP contribution is -2.65. The Morgan fingerprint density at radius 2 is 1.37 bits per heavy atom. The second-order valence-corrected chi connectivity index (χ2v) is 4.64. The van der Waals surface area contributed by atoms with Gasteiger partial charge in [-0.1, -0.05) is 60.7 Å². The second kappa shape index (κ2) is 6.16. The minimum Gasteiger partial charge on any atom is -0.550 e. The summed E-state index contributed by atoms with van der Waals surface area (Å²) in [6.07, 6.45) is -0.0472. The van der Waals surface area contributed by atoms with Crippen molar-refractivity contribution >= 4 is 5.97 Å². The minimum absolute atomic E-state index is 0.0275. The van der Waals surface area contributed by atoms with Crippen molar-refractivity contribution in [3.8, 4) is 0 Å². The van der Waals surface area contributed by atoms with Crippen LogP contribution in [-0.2, 0) is 4.79 Å². The van der Waals surface area contributed by atoms with Crippen molar-refractivity contribution in [3.05, 3.63) is 71.8 Å². The molecule has 0 radical (unpaired) electrons. The molecule has 0 spiro atoms. The molecule has 19 heavy (non-hydrogen) atoms. The van der Waals surface area contributed by atoms with Crippen LogP contribution in [0, 0.1) is 0 Å². The van der Waals surface area contributed by atoms with E-state index in [4.69, 9.17) is 0 Å². The molecule has 0 bridgehead atoms. The molecule has 3 heteroatoms. The molecule has 3 N–H and O–H groups in total. The molecule has 98 valence electrons. The SMILES string of the molecule is [NH3+][C@H](CC(=O)[O-])C(c1ccccc1)c1ccccc1. The summed E-state index contributed by atoms with van der Waals surface area (Å²) in [4.78, 5) is 10.8. The van der Waals surface area contributed by atoms with Crippen LogP contribution in [0.2, 0.25) is 0 Å². The molecular weight excluding hydrogens is 238 g/mol. The quantitative estimate of drug-likeness (QED) is 0.848. The summed E-state index contributed by atoms with van der Waals surface area (Å²) in [7, 11) is 0. The highest BCUT2D eigenvalue weighted by Crippen LogP contribution is 2.27. The van der Waals surface area contributed by atoms with Gasteiger partial charge in [-0.25, -0.2) is 0 Å². The number of rotatable bonds is 5. The average Bonchev–Trinajstić information content (AvgIpc) is 2.40. The minimum atomic E-state index is -1.06. The van der Waals surface area contributed by atoms with E-state index in [1.165, 1.54) is 0 Å². The number of hydrogen-bond acceptors (Lipinski definition) is 2. The first-order chi connectivity index (χ1) is 9.18. The molecule has 1 atom stereocenters. The highest BCUT2D eigenvalue weighted by Gasteiger charge is 2.24. The maximum absolute atomic E-state index is 10.8. The zero-order chi connectivity index (χ0) is 13.7. The van der Waals surface area contributed by atoms with Crippen LogP contribution in [0.4, 0.5) is 0 Å². The maximum atomic E-state index is 10.8. The number of carbonyl (C=O) groups excluding carboxylic acids is 1. The number of aliphatic carboxylic acids is 1. The first-order valence-electron chi connectivity index (χ1n) is 6.31. The summed E-state index contributed by atoms with van der Waals surface area (Å²) in [6.45, 7) is 0. The second-order valence-electron chi connectivity index (χ2n) is 4.64. The van der Waals surface area contributed by atoms with E-state index in [1.54, 1.807) is 0 Å². The molecule has 0 saturated carbocycles. The van der Waals surface area contributed by atoms with Gasteiger partial charge in [0.15, 0.2) is 0 Å². The highest BCUT2D eigenvalue weighted by atomic mass is 16.4. The van der Waals surface area contributed by atoms with Crippen molar-refractivity contribution in [1.29, 1.82) is 0 Å². The molecule has 0 aliphatic carbocycles. The van der Waals surface area contributed by atoms with E-state index in [0.717, 1.165) is 11.1 Å². The van der Waals surface area contributed by atoms with E-state index in [9.17, 15) is 9.90 Å². The molecule has 2 aromatic rings. The van der Waals surface area contributed by atoms with Gasteiger partial charge in [0.1, 0.15) is 6.04 Å². The largest absolute Gasteiger partial charge is 0.550 e. The molecule has 3 nitrogen and oxygen atoms in total. The Morgan fingerprint density at radius 1 is 0.947 bits per heavy atom. The first kappa shape index (κ1) is 13.3. The van der Waals surface area contributed by atoms with Crippen LogP contribution in [0.25, 0.3) is 0 Å². The summed E-state index contributed by atoms with van der Waals surface area (Å²) >= 11 is 0. The van der Waals surface area contributed by atoms with Crippen LogP contribution in [0.3, 0.4) is 0 Å². The zero-order valence-electron chi connectivity index (χ0n) is 10.7. The molecule has 2 aromatic carbocycles. The molecule has 0 aliphatic rings. The van der Waals surface area contributed by atoms with Crippen molar-refractivity contribution < 1.29 is 15.6 Å². The lowest BCUT2D eigenvalue weighted by Gasteiger charge is -2.22. The summed E-state index contributed by atoms with van der Waals surface area (Å²) in [5, 5.41) is 10.8. The van der Waals surface area contributed by atoms with Crippen molar-refractivity contribution in [2.75, 3.05) is 0 Å². The Balaban J connectivity index is 2.37. The fraction of sp³-hybridized carbons (Fsp3) is 0.188. The molecule has 0 saturated heterocycles. The van der Waals surface area contributed by atoms with Gasteiger partial charge in [0.05, 0.1) is 5.92 Å². The fourth-order valence-electron chi connectivity index (χ4n) is 2.39. The maximum Gasteiger partial charge on any atom is 0.101 e. The van der Waals surface area contributed by atoms with E-state index >= 15 is 0 Å². The third-order valence-corrected chi connectivity index (χ3v) is 3.22. The van der Waals surface area contributed by atoms with Crippen LogP contribution in [0.1, 0.15) is 23.5 Å². The molecule has 0 amide bonds. The number of hydrogen-bond donors (Lipinski definition) is 1. The summed E-state index contributed by atoms with van der Waals surface area (Å²) < 4.78 is 0. The van der Waals surface area contributed by atoms with Gasteiger partial charge in [-0.15, -0.1) is 0 Å². The van der Waals surface area contributed by atoms with Crippen molar-refractivity contribution in [2.45, 2.75) is 18.4 Å². The van der Waals surface area contributed by atoms with Crippen molar-refractivity contribution in [2.24, 2.45) is 0 Å². The molecule has 0 aliphatic heterocycles. The van der Waals surface area contributed by atoms with Gasteiger partial charge in [-0.2, -0.15) is 0 Å². The van der Waals surface area contributed by atoms with Gasteiger partial charge < -0.3 is 15.6 Å². The van der Waals surface area contributed by atoms with Crippen LogP contribution in [0.15, 0.2) is 60.7 Å². The standard InChI is InChI=1S/C16H17NO2/c17-14(11-15(18)19)16(12-7-3-1-4-8-12)13-9-5-2-6-10-13/h1-10,14,16H,11,17H2,(H,18,19)/t14-/m1/s1. The molecule has 2 rings (SSSR count). The molecule has 0 aromatic heterocycles. The van der Waals surface area contributed by atoms with Crippen LogP contribution >= 0.6 is 0 Å². The van der Waals surface area contributed by atoms with E-state index in [2.05, 4.69) is 5.73 Å². The van der Waals surface area contributed by atoms with Gasteiger partial charge in [0.25, 0.3) is 0 Å². The van der Waals surface area contributed by atoms with Gasteiger partial charge in [-0.05, 0) is 11.1 Å². The van der Waals surface area contributed by atoms with Gasteiger partial charge in [0, 0.05) is 12.4 Å². The monoisotopic (exact) mass is 255 g/mol. The van der Waals surface area contributed by atoms with E-state index in [1.807, 2.05) is 60.7 Å². The summed E-state index contributed by atoms with van der Waals surface area (Å²) in [6, 6.07) is 19.5. The van der Waals surface area contributed by atoms with Gasteiger partial charge in [0.2, 0.25) is 0 Å². The lowest BCUT2D eigenvalue weighted by atomic mass is 9.84. The molecule has 0 heterocycles.